The molecule has 1 unspecified atom stereocenters. The number of aliphatic hydroxyl groups excluding tert-OH is 1. The second kappa shape index (κ2) is 13.0. The van der Waals surface area contributed by atoms with Crippen molar-refractivity contribution in [2.75, 3.05) is 51.0 Å². The SMILES string of the molecule is COc1ccc2cc1CN(C)CCNC(O)C1CCN(CC1)Cc1cc(cc(NC(C)C)c1)Nc1nccc-2n1. The highest BCUT2D eigenvalue weighted by atomic mass is 16.5. The molecule has 1 atom stereocenters. The number of nitrogens with zero attached hydrogens (tertiary/aromatic N) is 4. The summed E-state index contributed by atoms with van der Waals surface area (Å²) in [7, 11) is 3.80. The van der Waals surface area contributed by atoms with Crippen molar-refractivity contribution in [3.8, 4) is 17.0 Å². The summed E-state index contributed by atoms with van der Waals surface area (Å²) in [4.78, 5) is 14.1. The molecule has 3 aromatic rings. The molecule has 3 aliphatic rings. The van der Waals surface area contributed by atoms with Gasteiger partial charge in [0.15, 0.2) is 0 Å². The summed E-state index contributed by atoms with van der Waals surface area (Å²) < 4.78 is 5.68. The number of aromatic nitrogens is 2. The Kier molecular flexibility index (Phi) is 9.16. The third-order valence-electron chi connectivity index (χ3n) is 7.71. The first-order valence-corrected chi connectivity index (χ1v) is 14.4. The van der Waals surface area contributed by atoms with E-state index >= 15 is 0 Å². The van der Waals surface area contributed by atoms with E-state index in [4.69, 9.17) is 9.72 Å². The van der Waals surface area contributed by atoms with Crippen LogP contribution in [0.15, 0.2) is 48.7 Å². The molecular formula is C31H43N7O2. The highest BCUT2D eigenvalue weighted by molar-refractivity contribution is 5.66. The van der Waals surface area contributed by atoms with Crippen molar-refractivity contribution >= 4 is 17.3 Å². The number of nitrogens with one attached hydrogen (secondary N) is 3. The number of piperidine rings is 1. The predicted octanol–water partition coefficient (Wildman–Crippen LogP) is 4.28. The largest absolute Gasteiger partial charge is 0.496 e. The minimum atomic E-state index is -0.484. The number of fused-ring (bicyclic) bond motifs is 7. The fraction of sp³-hybridized carbons (Fsp3) is 0.484. The topological polar surface area (TPSA) is 97.8 Å². The lowest BCUT2D eigenvalue weighted by Gasteiger charge is -2.34. The normalized spacial score (nSPS) is 22.3. The van der Waals surface area contributed by atoms with Crippen molar-refractivity contribution in [1.29, 1.82) is 0 Å². The molecule has 1 fully saturated rings. The fourth-order valence-corrected chi connectivity index (χ4v) is 5.67. The summed E-state index contributed by atoms with van der Waals surface area (Å²) in [5.41, 5.74) is 6.20. The van der Waals surface area contributed by atoms with Crippen molar-refractivity contribution < 1.29 is 9.84 Å². The molecule has 6 rings (SSSR count). The minimum Gasteiger partial charge on any atom is -0.496 e. The van der Waals surface area contributed by atoms with E-state index in [1.165, 1.54) is 5.56 Å². The average Bonchev–Trinajstić information content (AvgIpc) is 2.92. The van der Waals surface area contributed by atoms with Gasteiger partial charge in [0.25, 0.3) is 0 Å². The van der Waals surface area contributed by atoms with E-state index in [0.29, 0.717) is 12.0 Å². The molecule has 9 heteroatoms. The Balaban J connectivity index is 1.49. The molecule has 1 saturated heterocycles. The Bertz CT molecular complexity index is 1280. The number of likely N-dealkylation sites (N-methyl/N-ethyl adjacent to an activating group) is 1. The molecule has 0 amide bonds. The van der Waals surface area contributed by atoms with Gasteiger partial charge >= 0.3 is 0 Å². The van der Waals surface area contributed by atoms with Gasteiger partial charge in [-0.25, -0.2) is 9.97 Å². The van der Waals surface area contributed by atoms with Crippen molar-refractivity contribution in [3.63, 3.8) is 0 Å². The lowest BCUT2D eigenvalue weighted by Crippen LogP contribution is -2.44. The summed E-state index contributed by atoms with van der Waals surface area (Å²) in [6.07, 6.45) is 3.27. The van der Waals surface area contributed by atoms with Gasteiger partial charge < -0.3 is 25.4 Å². The van der Waals surface area contributed by atoms with E-state index in [0.717, 1.165) is 86.1 Å². The van der Waals surface area contributed by atoms with Crippen LogP contribution in [-0.4, -0.2) is 77.5 Å². The van der Waals surface area contributed by atoms with E-state index in [1.807, 2.05) is 18.2 Å². The summed E-state index contributed by atoms with van der Waals surface area (Å²) in [5, 5.41) is 21.3. The van der Waals surface area contributed by atoms with Crippen molar-refractivity contribution in [3.05, 3.63) is 59.8 Å². The van der Waals surface area contributed by atoms with Crippen LogP contribution in [0.1, 0.15) is 37.8 Å². The van der Waals surface area contributed by atoms with Crippen LogP contribution in [0.4, 0.5) is 17.3 Å². The average molecular weight is 546 g/mol. The molecule has 0 spiro atoms. The van der Waals surface area contributed by atoms with Gasteiger partial charge in [0.1, 0.15) is 12.0 Å². The molecule has 1 aromatic heterocycles. The predicted molar refractivity (Wildman–Crippen MR) is 161 cm³/mol. The zero-order chi connectivity index (χ0) is 28.1. The highest BCUT2D eigenvalue weighted by Crippen LogP contribution is 2.29. The number of hydrogen-bond donors (Lipinski definition) is 4. The number of benzene rings is 2. The van der Waals surface area contributed by atoms with Gasteiger partial charge in [0.05, 0.1) is 12.8 Å². The van der Waals surface area contributed by atoms with Crippen LogP contribution in [0.2, 0.25) is 0 Å². The van der Waals surface area contributed by atoms with Crippen molar-refractivity contribution in [2.24, 2.45) is 5.92 Å². The minimum absolute atomic E-state index is 0.266. The van der Waals surface area contributed by atoms with Crippen LogP contribution < -0.4 is 20.7 Å². The van der Waals surface area contributed by atoms with Gasteiger partial charge in [0.2, 0.25) is 5.95 Å². The Labute approximate surface area is 238 Å². The molecule has 214 valence electrons. The molecule has 9 nitrogen and oxygen atoms in total. The summed E-state index contributed by atoms with van der Waals surface area (Å²) >= 11 is 0. The van der Waals surface area contributed by atoms with E-state index in [-0.39, 0.29) is 5.92 Å². The van der Waals surface area contributed by atoms with Crippen molar-refractivity contribution in [2.45, 2.75) is 52.0 Å². The van der Waals surface area contributed by atoms with Gasteiger partial charge in [-0.3, -0.25) is 10.2 Å². The Morgan fingerprint density at radius 3 is 2.65 bits per heavy atom. The highest BCUT2D eigenvalue weighted by Gasteiger charge is 2.25. The molecule has 0 radical (unpaired) electrons. The van der Waals surface area contributed by atoms with Crippen molar-refractivity contribution in [1.82, 2.24) is 25.1 Å². The molecule has 8 bridgehead atoms. The van der Waals surface area contributed by atoms with Gasteiger partial charge in [-0.15, -0.1) is 0 Å². The molecule has 0 saturated carbocycles. The molecule has 40 heavy (non-hydrogen) atoms. The van der Waals surface area contributed by atoms with Crippen LogP contribution in [0.3, 0.4) is 0 Å². The zero-order valence-corrected chi connectivity index (χ0v) is 24.2. The molecular weight excluding hydrogens is 502 g/mol. The number of hydrogen-bond acceptors (Lipinski definition) is 9. The monoisotopic (exact) mass is 545 g/mol. The molecule has 3 aliphatic heterocycles. The molecule has 0 aliphatic carbocycles. The zero-order valence-electron chi connectivity index (χ0n) is 24.2. The molecule has 2 aromatic carbocycles. The van der Waals surface area contributed by atoms with Crippen LogP contribution in [-0.2, 0) is 13.1 Å². The lowest BCUT2D eigenvalue weighted by molar-refractivity contribution is 0.0329. The van der Waals surface area contributed by atoms with Gasteiger partial charge in [-0.05, 0) is 94.9 Å². The molecule has 4 N–H and O–H groups in total. The van der Waals surface area contributed by atoms with E-state index in [1.54, 1.807) is 13.3 Å². The third-order valence-corrected chi connectivity index (χ3v) is 7.71. The maximum absolute atomic E-state index is 10.9. The van der Waals surface area contributed by atoms with Gasteiger partial charge in [0, 0.05) is 66.8 Å². The third kappa shape index (κ3) is 7.28. The number of anilines is 3. The van der Waals surface area contributed by atoms with Gasteiger partial charge in [-0.2, -0.15) is 0 Å². The number of aliphatic hydroxyl groups is 1. The fourth-order valence-electron chi connectivity index (χ4n) is 5.67. The summed E-state index contributed by atoms with van der Waals surface area (Å²) in [6.45, 7) is 9.35. The lowest BCUT2D eigenvalue weighted by atomic mass is 9.94. The first-order valence-electron chi connectivity index (χ1n) is 14.4. The van der Waals surface area contributed by atoms with E-state index in [2.05, 4.69) is 75.9 Å². The number of ether oxygens (including phenoxy) is 1. The summed E-state index contributed by atoms with van der Waals surface area (Å²) in [6, 6.07) is 15.0. The smallest absolute Gasteiger partial charge is 0.227 e. The van der Waals surface area contributed by atoms with Crippen LogP contribution in [0.5, 0.6) is 5.75 Å². The standard InChI is InChI=1S/C31H43N7O2/c1-21(2)34-26-15-22-16-27(18-26)35-31-33-10-7-28(36-31)24-5-6-29(40-4)25(17-24)20-37(3)14-11-32-30(39)23-8-12-38(19-22)13-9-23/h5-7,10,15-18,21,23,30,32,34,39H,8-9,11-14,19-20H2,1-4H3,(H,33,35,36). The Hall–Kier alpha value is -3.24. The summed E-state index contributed by atoms with van der Waals surface area (Å²) in [5.74, 6) is 1.68. The number of rotatable bonds is 3. The quantitative estimate of drug-likeness (QED) is 0.384. The van der Waals surface area contributed by atoms with Crippen LogP contribution in [0, 0.1) is 5.92 Å². The van der Waals surface area contributed by atoms with E-state index in [9.17, 15) is 5.11 Å². The Morgan fingerprint density at radius 2 is 1.88 bits per heavy atom. The Morgan fingerprint density at radius 1 is 1.05 bits per heavy atom. The maximum Gasteiger partial charge on any atom is 0.227 e. The second-order valence-corrected chi connectivity index (χ2v) is 11.4. The van der Waals surface area contributed by atoms with E-state index < -0.39 is 6.23 Å². The first kappa shape index (κ1) is 28.3. The van der Waals surface area contributed by atoms with Crippen LogP contribution >= 0.6 is 0 Å². The second-order valence-electron chi connectivity index (χ2n) is 11.4. The van der Waals surface area contributed by atoms with Gasteiger partial charge in [-0.1, -0.05) is 0 Å². The number of methoxy groups -OCH3 is 1. The van der Waals surface area contributed by atoms with Crippen LogP contribution in [0.25, 0.3) is 11.3 Å². The first-order chi connectivity index (χ1) is 19.4. The molecule has 4 heterocycles. The maximum atomic E-state index is 10.9.